The van der Waals surface area contributed by atoms with E-state index in [0.717, 1.165) is 36.3 Å². The Morgan fingerprint density at radius 2 is 1.83 bits per heavy atom. The summed E-state index contributed by atoms with van der Waals surface area (Å²) < 4.78 is 0. The van der Waals surface area contributed by atoms with E-state index >= 15 is 0 Å². The van der Waals surface area contributed by atoms with Crippen LogP contribution in [0, 0.1) is 23.7 Å². The van der Waals surface area contributed by atoms with Gasteiger partial charge in [0.25, 0.3) is 0 Å². The number of hydrogen-bond acceptors (Lipinski definition) is 1. The second kappa shape index (κ2) is 6.93. The van der Waals surface area contributed by atoms with Gasteiger partial charge in [-0.15, -0.1) is 0 Å². The molecule has 0 saturated heterocycles. The van der Waals surface area contributed by atoms with Crippen molar-refractivity contribution in [3.63, 3.8) is 0 Å². The average Bonchev–Trinajstić information content (AvgIpc) is 2.82. The molecule has 18 heavy (non-hydrogen) atoms. The largest absolute Gasteiger partial charge is 0.314 e. The van der Waals surface area contributed by atoms with Gasteiger partial charge in [-0.2, -0.15) is 0 Å². The fourth-order valence-corrected chi connectivity index (χ4v) is 4.64. The Bertz CT molecular complexity index is 238. The van der Waals surface area contributed by atoms with E-state index in [0.29, 0.717) is 0 Å². The van der Waals surface area contributed by atoms with E-state index in [-0.39, 0.29) is 0 Å². The van der Waals surface area contributed by atoms with E-state index in [1.54, 1.807) is 0 Å². The first-order chi connectivity index (χ1) is 8.76. The summed E-state index contributed by atoms with van der Waals surface area (Å²) in [5, 5.41) is 3.87. The van der Waals surface area contributed by atoms with Gasteiger partial charge in [-0.1, -0.05) is 52.9 Å². The van der Waals surface area contributed by atoms with E-state index < -0.39 is 0 Å². The lowest BCUT2D eigenvalue weighted by molar-refractivity contribution is 0.152. The molecule has 0 aliphatic heterocycles. The minimum atomic E-state index is 0.821. The van der Waals surface area contributed by atoms with Crippen LogP contribution >= 0.6 is 0 Å². The second-order valence-electron chi connectivity index (χ2n) is 6.86. The summed E-state index contributed by atoms with van der Waals surface area (Å²) in [6, 6.07) is 0.821. The number of nitrogens with one attached hydrogen (secondary N) is 1. The lowest BCUT2D eigenvalue weighted by Crippen LogP contribution is -2.44. The van der Waals surface area contributed by atoms with Crippen molar-refractivity contribution in [3.05, 3.63) is 0 Å². The van der Waals surface area contributed by atoms with Crippen molar-refractivity contribution in [2.75, 3.05) is 6.54 Å². The van der Waals surface area contributed by atoms with Crippen LogP contribution in [0.25, 0.3) is 0 Å². The van der Waals surface area contributed by atoms with Crippen molar-refractivity contribution < 1.29 is 0 Å². The molecule has 1 heteroatoms. The Labute approximate surface area is 114 Å². The maximum Gasteiger partial charge on any atom is 0.0126 e. The highest BCUT2D eigenvalue weighted by Crippen LogP contribution is 2.41. The predicted octanol–water partition coefficient (Wildman–Crippen LogP) is 4.62. The van der Waals surface area contributed by atoms with Crippen LogP contribution in [0.5, 0.6) is 0 Å². The molecule has 0 spiro atoms. The highest BCUT2D eigenvalue weighted by Gasteiger charge is 2.36. The first-order valence-corrected chi connectivity index (χ1v) is 8.49. The van der Waals surface area contributed by atoms with Crippen LogP contribution in [0.1, 0.15) is 72.1 Å². The molecule has 2 aliphatic carbocycles. The van der Waals surface area contributed by atoms with Crippen molar-refractivity contribution in [1.29, 1.82) is 0 Å². The van der Waals surface area contributed by atoms with Crippen molar-refractivity contribution in [3.8, 4) is 0 Å². The fourth-order valence-electron chi connectivity index (χ4n) is 4.64. The van der Waals surface area contributed by atoms with Gasteiger partial charge in [-0.05, 0) is 49.5 Å². The maximum absolute atomic E-state index is 3.87. The Kier molecular flexibility index (Phi) is 5.54. The van der Waals surface area contributed by atoms with Crippen LogP contribution in [0.2, 0.25) is 0 Å². The van der Waals surface area contributed by atoms with Gasteiger partial charge in [0.05, 0.1) is 0 Å². The smallest absolute Gasteiger partial charge is 0.0126 e. The standard InChI is InChI=1S/C17H33N/c1-4-14-9-7-10-15(12-14)17(18-5-2)16-11-6-8-13(16)3/h13-18H,4-12H2,1-3H3. The summed E-state index contributed by atoms with van der Waals surface area (Å²) in [5.74, 6) is 3.90. The SMILES string of the molecule is CCNC(C1CCCC(CC)C1)C1CCCC1C. The monoisotopic (exact) mass is 251 g/mol. The summed E-state index contributed by atoms with van der Waals surface area (Å²) >= 11 is 0. The Morgan fingerprint density at radius 3 is 2.44 bits per heavy atom. The van der Waals surface area contributed by atoms with Gasteiger partial charge in [0, 0.05) is 6.04 Å². The van der Waals surface area contributed by atoms with Gasteiger partial charge in [0.2, 0.25) is 0 Å². The Hall–Kier alpha value is -0.0400. The molecule has 2 rings (SSSR count). The van der Waals surface area contributed by atoms with Gasteiger partial charge in [-0.3, -0.25) is 0 Å². The zero-order valence-electron chi connectivity index (χ0n) is 12.8. The summed E-state index contributed by atoms with van der Waals surface area (Å²) in [7, 11) is 0. The summed E-state index contributed by atoms with van der Waals surface area (Å²) in [6.45, 7) is 8.31. The summed E-state index contributed by atoms with van der Waals surface area (Å²) in [5.41, 5.74) is 0. The molecule has 0 bridgehead atoms. The average molecular weight is 251 g/mol. The molecular weight excluding hydrogens is 218 g/mol. The molecule has 106 valence electrons. The van der Waals surface area contributed by atoms with Crippen molar-refractivity contribution in [1.82, 2.24) is 5.32 Å². The van der Waals surface area contributed by atoms with Crippen LogP contribution in [0.4, 0.5) is 0 Å². The third-order valence-corrected chi connectivity index (χ3v) is 5.74. The lowest BCUT2D eigenvalue weighted by Gasteiger charge is -2.39. The third kappa shape index (κ3) is 3.29. The molecule has 0 aromatic rings. The normalized spacial score (nSPS) is 38.8. The van der Waals surface area contributed by atoms with E-state index in [4.69, 9.17) is 0 Å². The van der Waals surface area contributed by atoms with E-state index in [2.05, 4.69) is 26.1 Å². The Balaban J connectivity index is 1.99. The van der Waals surface area contributed by atoms with Gasteiger partial charge in [0.1, 0.15) is 0 Å². The molecular formula is C17H33N. The quantitative estimate of drug-likeness (QED) is 0.752. The molecule has 2 fully saturated rings. The highest BCUT2D eigenvalue weighted by molar-refractivity contribution is 4.91. The summed E-state index contributed by atoms with van der Waals surface area (Å²) in [4.78, 5) is 0. The Morgan fingerprint density at radius 1 is 1.06 bits per heavy atom. The van der Waals surface area contributed by atoms with Gasteiger partial charge >= 0.3 is 0 Å². The second-order valence-corrected chi connectivity index (χ2v) is 6.86. The van der Waals surface area contributed by atoms with Crippen LogP contribution in [0.15, 0.2) is 0 Å². The molecule has 5 atom stereocenters. The van der Waals surface area contributed by atoms with Crippen LogP contribution in [-0.2, 0) is 0 Å². The minimum Gasteiger partial charge on any atom is -0.314 e. The molecule has 0 aromatic heterocycles. The predicted molar refractivity (Wildman–Crippen MR) is 79.7 cm³/mol. The van der Waals surface area contributed by atoms with Crippen LogP contribution in [-0.4, -0.2) is 12.6 Å². The van der Waals surface area contributed by atoms with Gasteiger partial charge in [-0.25, -0.2) is 0 Å². The van der Waals surface area contributed by atoms with Crippen molar-refractivity contribution in [2.24, 2.45) is 23.7 Å². The molecule has 0 radical (unpaired) electrons. The molecule has 0 heterocycles. The first-order valence-electron chi connectivity index (χ1n) is 8.49. The fraction of sp³-hybridized carbons (Fsp3) is 1.00. The van der Waals surface area contributed by atoms with E-state index in [1.165, 1.54) is 51.4 Å². The van der Waals surface area contributed by atoms with Crippen LogP contribution < -0.4 is 5.32 Å². The molecule has 2 aliphatic rings. The van der Waals surface area contributed by atoms with E-state index in [9.17, 15) is 0 Å². The summed E-state index contributed by atoms with van der Waals surface area (Å²) in [6.07, 6.45) is 11.8. The third-order valence-electron chi connectivity index (χ3n) is 5.74. The highest BCUT2D eigenvalue weighted by atomic mass is 14.9. The zero-order chi connectivity index (χ0) is 13.0. The van der Waals surface area contributed by atoms with Gasteiger partial charge in [0.15, 0.2) is 0 Å². The zero-order valence-corrected chi connectivity index (χ0v) is 12.8. The molecule has 2 saturated carbocycles. The molecule has 1 N–H and O–H groups in total. The van der Waals surface area contributed by atoms with Crippen LogP contribution in [0.3, 0.4) is 0 Å². The molecule has 0 amide bonds. The van der Waals surface area contributed by atoms with E-state index in [1.807, 2.05) is 0 Å². The first kappa shape index (κ1) is 14.4. The minimum absolute atomic E-state index is 0.821. The maximum atomic E-state index is 3.87. The number of hydrogen-bond donors (Lipinski definition) is 1. The van der Waals surface area contributed by atoms with Crippen molar-refractivity contribution >= 4 is 0 Å². The molecule has 1 nitrogen and oxygen atoms in total. The van der Waals surface area contributed by atoms with Crippen molar-refractivity contribution in [2.45, 2.75) is 78.2 Å². The number of rotatable bonds is 5. The molecule has 0 aromatic carbocycles. The molecule has 5 unspecified atom stereocenters. The lowest BCUT2D eigenvalue weighted by atomic mass is 9.72. The topological polar surface area (TPSA) is 12.0 Å². The van der Waals surface area contributed by atoms with Gasteiger partial charge < -0.3 is 5.32 Å².